The molecule has 0 spiro atoms. The number of benzene rings is 2. The Morgan fingerprint density at radius 1 is 0.957 bits per heavy atom. The number of ether oxygens (including phenoxy) is 2. The fraction of sp³-hybridized carbons (Fsp3) is 0.316. The second kappa shape index (κ2) is 7.68. The van der Waals surface area contributed by atoms with Gasteiger partial charge < -0.3 is 14.8 Å². The summed E-state index contributed by atoms with van der Waals surface area (Å²) in [4.78, 5) is 12.4. The number of carbonyl (C=O) groups is 1. The smallest absolute Gasteiger partial charge is 0.265 e. The van der Waals surface area contributed by atoms with Crippen molar-refractivity contribution in [2.24, 2.45) is 0 Å². The molecule has 1 unspecified atom stereocenters. The van der Waals surface area contributed by atoms with Gasteiger partial charge in [-0.05, 0) is 36.6 Å². The number of hydrogen-bond donors (Lipinski definition) is 1. The first-order chi connectivity index (χ1) is 11.0. The molecule has 2 aromatic carbocycles. The largest absolute Gasteiger partial charge is 0.495 e. The van der Waals surface area contributed by atoms with E-state index in [0.717, 1.165) is 11.3 Å². The minimum atomic E-state index is -0.611. The van der Waals surface area contributed by atoms with Gasteiger partial charge in [-0.1, -0.05) is 44.2 Å². The number of methoxy groups -OCH3 is 1. The minimum absolute atomic E-state index is 0.215. The molecule has 0 aliphatic heterocycles. The molecule has 2 aromatic rings. The maximum Gasteiger partial charge on any atom is 0.265 e. The molecule has 0 saturated heterocycles. The summed E-state index contributed by atoms with van der Waals surface area (Å²) in [6.45, 7) is 5.94. The summed E-state index contributed by atoms with van der Waals surface area (Å²) in [5, 5.41) is 2.84. The van der Waals surface area contributed by atoms with E-state index in [1.54, 1.807) is 26.2 Å². The third kappa shape index (κ3) is 4.25. The number of anilines is 1. The summed E-state index contributed by atoms with van der Waals surface area (Å²) >= 11 is 0. The van der Waals surface area contributed by atoms with Gasteiger partial charge in [-0.2, -0.15) is 0 Å². The van der Waals surface area contributed by atoms with Crippen molar-refractivity contribution >= 4 is 11.6 Å². The van der Waals surface area contributed by atoms with E-state index in [1.165, 1.54) is 0 Å². The van der Waals surface area contributed by atoms with E-state index in [1.807, 2.05) is 36.4 Å². The van der Waals surface area contributed by atoms with Crippen molar-refractivity contribution in [3.63, 3.8) is 0 Å². The van der Waals surface area contributed by atoms with Gasteiger partial charge in [0.2, 0.25) is 0 Å². The predicted octanol–water partition coefficient (Wildman–Crippen LogP) is 4.22. The average Bonchev–Trinajstić information content (AvgIpc) is 2.55. The van der Waals surface area contributed by atoms with Crippen molar-refractivity contribution < 1.29 is 14.3 Å². The average molecular weight is 313 g/mol. The van der Waals surface area contributed by atoms with E-state index in [4.69, 9.17) is 9.47 Å². The normalized spacial score (nSPS) is 11.9. The van der Waals surface area contributed by atoms with Crippen molar-refractivity contribution in [2.45, 2.75) is 32.8 Å². The summed E-state index contributed by atoms with van der Waals surface area (Å²) in [7, 11) is 1.57. The fourth-order valence-corrected chi connectivity index (χ4v) is 2.29. The number of hydrogen-bond acceptors (Lipinski definition) is 3. The topological polar surface area (TPSA) is 47.6 Å². The molecule has 0 saturated carbocycles. The van der Waals surface area contributed by atoms with Crippen LogP contribution in [0, 0.1) is 0 Å². The Bertz CT molecular complexity index is 667. The summed E-state index contributed by atoms with van der Waals surface area (Å²) in [6.07, 6.45) is -0.611. The van der Waals surface area contributed by atoms with Crippen LogP contribution in [0.15, 0.2) is 48.5 Å². The monoisotopic (exact) mass is 313 g/mol. The van der Waals surface area contributed by atoms with Gasteiger partial charge >= 0.3 is 0 Å². The molecule has 0 fully saturated rings. The van der Waals surface area contributed by atoms with Gasteiger partial charge in [0, 0.05) is 0 Å². The first-order valence-corrected chi connectivity index (χ1v) is 7.72. The molecular formula is C19H23NO3. The summed E-state index contributed by atoms with van der Waals surface area (Å²) < 4.78 is 11.1. The molecule has 1 amide bonds. The van der Waals surface area contributed by atoms with E-state index < -0.39 is 6.10 Å². The third-order valence-corrected chi connectivity index (χ3v) is 3.58. The molecule has 0 radical (unpaired) electrons. The zero-order valence-electron chi connectivity index (χ0n) is 14.0. The molecule has 4 nitrogen and oxygen atoms in total. The van der Waals surface area contributed by atoms with Crippen LogP contribution in [0.5, 0.6) is 11.5 Å². The van der Waals surface area contributed by atoms with Gasteiger partial charge in [0.1, 0.15) is 11.5 Å². The van der Waals surface area contributed by atoms with Crippen molar-refractivity contribution in [1.82, 2.24) is 0 Å². The standard InChI is InChI=1S/C19H23NO3/c1-13(2)15-9-5-7-11-17(15)23-14(3)19(21)20-16-10-6-8-12-18(16)22-4/h5-14H,1-4H3,(H,20,21). The predicted molar refractivity (Wildman–Crippen MR) is 92.2 cm³/mol. The molecule has 1 N–H and O–H groups in total. The molecule has 2 rings (SSSR count). The van der Waals surface area contributed by atoms with Gasteiger partial charge in [-0.25, -0.2) is 0 Å². The second-order valence-corrected chi connectivity index (χ2v) is 5.64. The fourth-order valence-electron chi connectivity index (χ4n) is 2.29. The molecule has 4 heteroatoms. The highest BCUT2D eigenvalue weighted by Gasteiger charge is 2.18. The molecule has 122 valence electrons. The maximum atomic E-state index is 12.4. The van der Waals surface area contributed by atoms with Crippen LogP contribution in [0.1, 0.15) is 32.3 Å². The lowest BCUT2D eigenvalue weighted by Gasteiger charge is -2.19. The first kappa shape index (κ1) is 16.9. The van der Waals surface area contributed by atoms with Crippen molar-refractivity contribution in [3.05, 3.63) is 54.1 Å². The van der Waals surface area contributed by atoms with Crippen LogP contribution in [0.4, 0.5) is 5.69 Å². The van der Waals surface area contributed by atoms with E-state index in [-0.39, 0.29) is 5.91 Å². The highest BCUT2D eigenvalue weighted by atomic mass is 16.5. The Morgan fingerprint density at radius 2 is 1.57 bits per heavy atom. The minimum Gasteiger partial charge on any atom is -0.495 e. The molecule has 0 aliphatic rings. The third-order valence-electron chi connectivity index (χ3n) is 3.58. The zero-order chi connectivity index (χ0) is 16.8. The van der Waals surface area contributed by atoms with Crippen LogP contribution < -0.4 is 14.8 Å². The zero-order valence-corrected chi connectivity index (χ0v) is 14.0. The van der Waals surface area contributed by atoms with Crippen LogP contribution in [0.3, 0.4) is 0 Å². The van der Waals surface area contributed by atoms with Crippen LogP contribution in [-0.4, -0.2) is 19.1 Å². The molecule has 23 heavy (non-hydrogen) atoms. The molecule has 0 bridgehead atoms. The van der Waals surface area contributed by atoms with Gasteiger partial charge in [0.05, 0.1) is 12.8 Å². The highest BCUT2D eigenvalue weighted by molar-refractivity contribution is 5.95. The summed E-state index contributed by atoms with van der Waals surface area (Å²) in [6, 6.07) is 15.1. The van der Waals surface area contributed by atoms with Crippen LogP contribution in [-0.2, 0) is 4.79 Å². The lowest BCUT2D eigenvalue weighted by molar-refractivity contribution is -0.122. The maximum absolute atomic E-state index is 12.4. The van der Waals surface area contributed by atoms with E-state index >= 15 is 0 Å². The van der Waals surface area contributed by atoms with Crippen LogP contribution in [0.25, 0.3) is 0 Å². The summed E-state index contributed by atoms with van der Waals surface area (Å²) in [5.74, 6) is 1.48. The van der Waals surface area contributed by atoms with Gasteiger partial charge in [-0.15, -0.1) is 0 Å². The Morgan fingerprint density at radius 3 is 2.22 bits per heavy atom. The van der Waals surface area contributed by atoms with Gasteiger partial charge in [-0.3, -0.25) is 4.79 Å². The lowest BCUT2D eigenvalue weighted by atomic mass is 10.0. The molecule has 1 atom stereocenters. The van der Waals surface area contributed by atoms with Gasteiger partial charge in [0.25, 0.3) is 5.91 Å². The number of para-hydroxylation sites is 3. The number of rotatable bonds is 6. The molecule has 0 aromatic heterocycles. The van der Waals surface area contributed by atoms with Crippen molar-refractivity contribution in [3.8, 4) is 11.5 Å². The molecule has 0 aliphatic carbocycles. The van der Waals surface area contributed by atoms with Crippen molar-refractivity contribution in [2.75, 3.05) is 12.4 Å². The lowest BCUT2D eigenvalue weighted by Crippen LogP contribution is -2.30. The Balaban J connectivity index is 2.09. The van der Waals surface area contributed by atoms with Gasteiger partial charge in [0.15, 0.2) is 6.10 Å². The molecular weight excluding hydrogens is 290 g/mol. The number of amides is 1. The highest BCUT2D eigenvalue weighted by Crippen LogP contribution is 2.27. The quantitative estimate of drug-likeness (QED) is 0.868. The SMILES string of the molecule is COc1ccccc1NC(=O)C(C)Oc1ccccc1C(C)C. The van der Waals surface area contributed by atoms with E-state index in [0.29, 0.717) is 17.4 Å². The Kier molecular flexibility index (Phi) is 5.63. The van der Waals surface area contributed by atoms with E-state index in [9.17, 15) is 4.79 Å². The number of carbonyl (C=O) groups excluding carboxylic acids is 1. The van der Waals surface area contributed by atoms with Crippen molar-refractivity contribution in [1.29, 1.82) is 0 Å². The van der Waals surface area contributed by atoms with Crippen LogP contribution >= 0.6 is 0 Å². The van der Waals surface area contributed by atoms with E-state index in [2.05, 4.69) is 19.2 Å². The molecule has 0 heterocycles. The summed E-state index contributed by atoms with van der Waals surface area (Å²) in [5.41, 5.74) is 1.72. The second-order valence-electron chi connectivity index (χ2n) is 5.64. The number of nitrogens with one attached hydrogen (secondary N) is 1. The Hall–Kier alpha value is -2.49. The first-order valence-electron chi connectivity index (χ1n) is 7.72. The Labute approximate surface area is 137 Å². The van der Waals surface area contributed by atoms with Crippen LogP contribution in [0.2, 0.25) is 0 Å².